The fraction of sp³-hybridized carbons (Fsp3) is 0.368. The Kier molecular flexibility index (Phi) is 4.42. The second-order valence-electron chi connectivity index (χ2n) is 6.66. The monoisotopic (exact) mass is 326 g/mol. The molecule has 5 nitrogen and oxygen atoms in total. The number of rotatable bonds is 5. The third-order valence-corrected chi connectivity index (χ3v) is 4.81. The number of carbonyl (C=O) groups excluding carboxylic acids is 1. The maximum Gasteiger partial charge on any atom is 0.311 e. The molecule has 0 bridgehead atoms. The van der Waals surface area contributed by atoms with Crippen LogP contribution in [0, 0.1) is 5.41 Å². The van der Waals surface area contributed by atoms with Gasteiger partial charge in [-0.2, -0.15) is 0 Å². The van der Waals surface area contributed by atoms with Gasteiger partial charge in [-0.05, 0) is 37.5 Å². The van der Waals surface area contributed by atoms with Crippen LogP contribution in [0.2, 0.25) is 0 Å². The number of likely N-dealkylation sites (tertiary alicyclic amines) is 1. The summed E-state index contributed by atoms with van der Waals surface area (Å²) in [5.41, 5.74) is 1.02. The number of nitrogens with zero attached hydrogens (tertiary/aromatic N) is 2. The highest BCUT2D eigenvalue weighted by atomic mass is 16.4. The van der Waals surface area contributed by atoms with Gasteiger partial charge in [-0.25, -0.2) is 0 Å². The van der Waals surface area contributed by atoms with Gasteiger partial charge in [-0.1, -0.05) is 30.3 Å². The summed E-state index contributed by atoms with van der Waals surface area (Å²) < 4.78 is 1.95. The number of carboxylic acid groups (broad SMARTS) is 1. The van der Waals surface area contributed by atoms with E-state index in [-0.39, 0.29) is 12.5 Å². The summed E-state index contributed by atoms with van der Waals surface area (Å²) in [5.74, 6) is -0.921. The number of aryl methyl sites for hydroxylation is 2. The number of hydrogen-bond donors (Lipinski definition) is 1. The molecular weight excluding hydrogens is 304 g/mol. The lowest BCUT2D eigenvalue weighted by Gasteiger charge is -2.21. The highest BCUT2D eigenvalue weighted by Crippen LogP contribution is 2.31. The first kappa shape index (κ1) is 16.3. The van der Waals surface area contributed by atoms with E-state index in [0.29, 0.717) is 18.7 Å². The molecule has 0 aliphatic carbocycles. The minimum absolute atomic E-state index is 0.0852. The topological polar surface area (TPSA) is 62.5 Å². The van der Waals surface area contributed by atoms with Gasteiger partial charge >= 0.3 is 5.97 Å². The quantitative estimate of drug-likeness (QED) is 0.919. The predicted molar refractivity (Wildman–Crippen MR) is 90.8 cm³/mol. The maximum atomic E-state index is 12.8. The van der Waals surface area contributed by atoms with Crippen molar-refractivity contribution >= 4 is 11.9 Å². The van der Waals surface area contributed by atoms with E-state index >= 15 is 0 Å². The van der Waals surface area contributed by atoms with E-state index < -0.39 is 11.4 Å². The average Bonchev–Trinajstić information content (AvgIpc) is 3.21. The number of carbonyl (C=O) groups is 2. The smallest absolute Gasteiger partial charge is 0.311 e. The van der Waals surface area contributed by atoms with E-state index in [2.05, 4.69) is 12.1 Å². The van der Waals surface area contributed by atoms with Gasteiger partial charge in [-0.3, -0.25) is 9.59 Å². The van der Waals surface area contributed by atoms with Crippen LogP contribution in [0.5, 0.6) is 0 Å². The molecule has 2 aromatic rings. The zero-order valence-electron chi connectivity index (χ0n) is 13.8. The van der Waals surface area contributed by atoms with Crippen molar-refractivity contribution in [1.29, 1.82) is 0 Å². The summed E-state index contributed by atoms with van der Waals surface area (Å²) in [4.78, 5) is 25.8. The van der Waals surface area contributed by atoms with E-state index in [0.717, 1.165) is 13.0 Å². The molecule has 3 rings (SSSR count). The molecule has 0 spiro atoms. The van der Waals surface area contributed by atoms with Crippen molar-refractivity contribution < 1.29 is 14.7 Å². The highest BCUT2D eigenvalue weighted by molar-refractivity contribution is 5.93. The molecule has 1 saturated heterocycles. The molecule has 1 aliphatic rings. The molecule has 2 heterocycles. The van der Waals surface area contributed by atoms with Gasteiger partial charge in [0.05, 0.1) is 5.41 Å². The summed E-state index contributed by atoms with van der Waals surface area (Å²) in [6.45, 7) is 3.19. The molecule has 1 aromatic carbocycles. The number of aliphatic carboxylic acids is 1. The molecule has 1 fully saturated rings. The molecule has 1 amide bonds. The molecule has 24 heavy (non-hydrogen) atoms. The lowest BCUT2D eigenvalue weighted by atomic mass is 9.90. The second-order valence-corrected chi connectivity index (χ2v) is 6.66. The fourth-order valence-corrected chi connectivity index (χ4v) is 3.17. The fourth-order valence-electron chi connectivity index (χ4n) is 3.17. The summed E-state index contributed by atoms with van der Waals surface area (Å²) in [6.07, 6.45) is 3.25. The van der Waals surface area contributed by atoms with Gasteiger partial charge in [-0.15, -0.1) is 0 Å². The van der Waals surface area contributed by atoms with E-state index in [9.17, 15) is 14.7 Å². The molecule has 1 aromatic heterocycles. The summed E-state index contributed by atoms with van der Waals surface area (Å²) in [6, 6.07) is 13.8. The first-order valence-electron chi connectivity index (χ1n) is 8.21. The number of carboxylic acids is 1. The SMILES string of the molecule is CC1(C(=O)O)CCN(C(=O)c2cccn2CCc2ccccc2)C1. The van der Waals surface area contributed by atoms with Gasteiger partial charge in [0.2, 0.25) is 0 Å². The van der Waals surface area contributed by atoms with Crippen LogP contribution in [-0.2, 0) is 17.8 Å². The van der Waals surface area contributed by atoms with E-state index in [4.69, 9.17) is 0 Å². The van der Waals surface area contributed by atoms with Crippen LogP contribution in [-0.4, -0.2) is 39.5 Å². The zero-order valence-corrected chi connectivity index (χ0v) is 13.8. The summed E-state index contributed by atoms with van der Waals surface area (Å²) in [7, 11) is 0. The molecule has 1 atom stereocenters. The molecule has 126 valence electrons. The van der Waals surface area contributed by atoms with Crippen molar-refractivity contribution in [2.45, 2.75) is 26.3 Å². The summed E-state index contributed by atoms with van der Waals surface area (Å²) >= 11 is 0. The standard InChI is InChI=1S/C19H22N2O3/c1-19(18(23)24)10-13-21(14-19)17(22)16-8-5-11-20(16)12-9-15-6-3-2-4-7-15/h2-8,11H,9-10,12-14H2,1H3,(H,23,24). The predicted octanol–water partition coefficient (Wildman–Crippen LogP) is 2.67. The Hall–Kier alpha value is -2.56. The third-order valence-electron chi connectivity index (χ3n) is 4.81. The van der Waals surface area contributed by atoms with Gasteiger partial charge in [0.25, 0.3) is 5.91 Å². The molecule has 0 saturated carbocycles. The van der Waals surface area contributed by atoms with Crippen LogP contribution in [0.25, 0.3) is 0 Å². The molecule has 1 N–H and O–H groups in total. The Morgan fingerprint density at radius 1 is 1.17 bits per heavy atom. The molecule has 0 radical (unpaired) electrons. The third kappa shape index (κ3) is 3.20. The van der Waals surface area contributed by atoms with E-state index in [1.54, 1.807) is 11.8 Å². The Labute approximate surface area is 141 Å². The van der Waals surface area contributed by atoms with Gasteiger partial charge in [0.1, 0.15) is 5.69 Å². The van der Waals surface area contributed by atoms with Crippen LogP contribution in [0.4, 0.5) is 0 Å². The van der Waals surface area contributed by atoms with Crippen LogP contribution in [0.1, 0.15) is 29.4 Å². The first-order chi connectivity index (χ1) is 11.5. The van der Waals surface area contributed by atoms with Gasteiger partial charge in [0, 0.05) is 25.8 Å². The highest BCUT2D eigenvalue weighted by Gasteiger charge is 2.42. The van der Waals surface area contributed by atoms with Gasteiger partial charge in [0.15, 0.2) is 0 Å². The number of hydrogen-bond acceptors (Lipinski definition) is 2. The average molecular weight is 326 g/mol. The minimum Gasteiger partial charge on any atom is -0.481 e. The normalized spacial score (nSPS) is 20.3. The maximum absolute atomic E-state index is 12.8. The largest absolute Gasteiger partial charge is 0.481 e. The van der Waals surface area contributed by atoms with Crippen molar-refractivity contribution in [2.75, 3.05) is 13.1 Å². The van der Waals surface area contributed by atoms with Gasteiger partial charge < -0.3 is 14.6 Å². The van der Waals surface area contributed by atoms with Crippen molar-refractivity contribution in [3.05, 3.63) is 59.9 Å². The number of benzene rings is 1. The van der Waals surface area contributed by atoms with Crippen LogP contribution < -0.4 is 0 Å². The second kappa shape index (κ2) is 6.51. The van der Waals surface area contributed by atoms with Crippen molar-refractivity contribution in [3.63, 3.8) is 0 Å². The van der Waals surface area contributed by atoms with Crippen molar-refractivity contribution in [1.82, 2.24) is 9.47 Å². The van der Waals surface area contributed by atoms with Crippen LogP contribution in [0.3, 0.4) is 0 Å². The Morgan fingerprint density at radius 2 is 1.92 bits per heavy atom. The van der Waals surface area contributed by atoms with Crippen LogP contribution >= 0.6 is 0 Å². The minimum atomic E-state index is -0.836. The zero-order chi connectivity index (χ0) is 17.2. The van der Waals surface area contributed by atoms with E-state index in [1.165, 1.54) is 5.56 Å². The van der Waals surface area contributed by atoms with Crippen molar-refractivity contribution in [3.8, 4) is 0 Å². The molecule has 5 heteroatoms. The number of aromatic nitrogens is 1. The Morgan fingerprint density at radius 3 is 2.58 bits per heavy atom. The lowest BCUT2D eigenvalue weighted by Crippen LogP contribution is -2.35. The van der Waals surface area contributed by atoms with Crippen molar-refractivity contribution in [2.24, 2.45) is 5.41 Å². The summed E-state index contributed by atoms with van der Waals surface area (Å²) in [5, 5.41) is 9.32. The van der Waals surface area contributed by atoms with Crippen LogP contribution in [0.15, 0.2) is 48.7 Å². The number of amides is 1. The molecular formula is C19H22N2O3. The Bertz CT molecular complexity index is 738. The lowest BCUT2D eigenvalue weighted by molar-refractivity contribution is -0.147. The first-order valence-corrected chi connectivity index (χ1v) is 8.21. The Balaban J connectivity index is 1.69. The molecule has 1 unspecified atom stereocenters. The van der Waals surface area contributed by atoms with E-state index in [1.807, 2.05) is 41.1 Å². The molecule has 1 aliphatic heterocycles.